The van der Waals surface area contributed by atoms with Gasteiger partial charge in [0.25, 0.3) is 0 Å². The lowest BCUT2D eigenvalue weighted by Gasteiger charge is -2.32. The molecule has 54 heavy (non-hydrogen) atoms. The number of hydrogen-bond donors (Lipinski definition) is 0. The first-order valence-electron chi connectivity index (χ1n) is 18.7. The van der Waals surface area contributed by atoms with Crippen LogP contribution in [0.15, 0.2) is 133 Å². The van der Waals surface area contributed by atoms with E-state index in [2.05, 4.69) is 159 Å². The molecule has 0 fully saturated rings. The van der Waals surface area contributed by atoms with Gasteiger partial charge in [-0.15, -0.1) is 0 Å². The molecule has 0 aromatic heterocycles. The Kier molecular flexibility index (Phi) is 8.77. The molecule has 0 atom stereocenters. The van der Waals surface area contributed by atoms with Crippen molar-refractivity contribution in [1.29, 1.82) is 5.26 Å². The molecule has 8 aromatic carbocycles. The van der Waals surface area contributed by atoms with Crippen LogP contribution in [0.2, 0.25) is 0 Å². The van der Waals surface area contributed by atoms with Crippen LogP contribution in [0.1, 0.15) is 67.3 Å². The van der Waals surface area contributed by atoms with E-state index in [1.165, 1.54) is 43.8 Å². The van der Waals surface area contributed by atoms with Gasteiger partial charge in [0.05, 0.1) is 29.6 Å². The minimum absolute atomic E-state index is 0.252. The summed E-state index contributed by atoms with van der Waals surface area (Å²) in [5.41, 5.74) is 12.3. The van der Waals surface area contributed by atoms with Crippen LogP contribution in [0.4, 0.5) is 39.8 Å². The molecule has 0 aliphatic heterocycles. The van der Waals surface area contributed by atoms with Gasteiger partial charge in [-0.2, -0.15) is 5.26 Å². The van der Waals surface area contributed by atoms with Gasteiger partial charge in [-0.05, 0) is 136 Å². The summed E-state index contributed by atoms with van der Waals surface area (Å²) < 4.78 is 0. The minimum atomic E-state index is 0.252. The third kappa shape index (κ3) is 5.87. The molecule has 0 heterocycles. The molecule has 0 aliphatic rings. The zero-order valence-corrected chi connectivity index (χ0v) is 31.6. The van der Waals surface area contributed by atoms with Gasteiger partial charge in [0.2, 0.25) is 0 Å². The smallest absolute Gasteiger partial charge is 0.189 e. The fourth-order valence-corrected chi connectivity index (χ4v) is 8.14. The van der Waals surface area contributed by atoms with Gasteiger partial charge < -0.3 is 9.80 Å². The average Bonchev–Trinajstić information content (AvgIpc) is 3.17. The summed E-state index contributed by atoms with van der Waals surface area (Å²) >= 11 is 0. The second-order valence-corrected chi connectivity index (χ2v) is 15.0. The monoisotopic (exact) mass is 698 g/mol. The predicted octanol–water partition coefficient (Wildman–Crippen LogP) is 14.8. The number of aryl methyl sites for hydroxylation is 2. The van der Waals surface area contributed by atoms with Crippen LogP contribution in [0, 0.1) is 31.8 Å². The lowest BCUT2D eigenvalue weighted by molar-refractivity contribution is 0.875. The number of anilines is 6. The highest BCUT2D eigenvalue weighted by Gasteiger charge is 2.26. The van der Waals surface area contributed by atoms with E-state index in [4.69, 9.17) is 6.57 Å². The topological polar surface area (TPSA) is 34.6 Å². The van der Waals surface area contributed by atoms with Crippen molar-refractivity contribution in [3.05, 3.63) is 173 Å². The number of benzene rings is 8. The maximum Gasteiger partial charge on any atom is 0.189 e. The first-order chi connectivity index (χ1) is 26.2. The third-order valence-corrected chi connectivity index (χ3v) is 10.6. The molecule has 8 aromatic rings. The van der Waals surface area contributed by atoms with E-state index in [1.54, 1.807) is 0 Å². The maximum atomic E-state index is 9.97. The molecule has 0 aliphatic carbocycles. The van der Waals surface area contributed by atoms with Crippen LogP contribution >= 0.6 is 0 Å². The third-order valence-electron chi connectivity index (χ3n) is 10.6. The molecule has 0 N–H and O–H groups in total. The summed E-state index contributed by atoms with van der Waals surface area (Å²) in [5.74, 6) is 0.506. The number of rotatable bonds is 8. The number of hydrogen-bond acceptors (Lipinski definition) is 3. The Bertz CT molecular complexity index is 2600. The van der Waals surface area contributed by atoms with E-state index in [0.29, 0.717) is 11.3 Å². The molecule has 0 radical (unpaired) electrons. The van der Waals surface area contributed by atoms with E-state index in [-0.39, 0.29) is 11.8 Å². The molecule has 0 saturated carbocycles. The second kappa shape index (κ2) is 13.7. The molecule has 0 amide bonds. The zero-order chi connectivity index (χ0) is 37.7. The molecule has 0 saturated heterocycles. The van der Waals surface area contributed by atoms with Gasteiger partial charge in [-0.3, -0.25) is 0 Å². The quantitative estimate of drug-likeness (QED) is 0.117. The fraction of sp³-hybridized carbons (Fsp3) is 0.160. The molecule has 0 spiro atoms. The Morgan fingerprint density at radius 2 is 0.944 bits per heavy atom. The normalized spacial score (nSPS) is 11.4. The molecule has 8 rings (SSSR count). The van der Waals surface area contributed by atoms with Crippen LogP contribution < -0.4 is 9.80 Å². The maximum absolute atomic E-state index is 9.97. The van der Waals surface area contributed by atoms with E-state index in [1.807, 2.05) is 36.4 Å². The fourth-order valence-electron chi connectivity index (χ4n) is 8.14. The van der Waals surface area contributed by atoms with Crippen LogP contribution in [0.25, 0.3) is 37.2 Å². The average molecular weight is 699 g/mol. The zero-order valence-electron chi connectivity index (χ0n) is 31.6. The van der Waals surface area contributed by atoms with E-state index in [0.717, 1.165) is 44.9 Å². The Labute approximate surface area is 318 Å². The van der Waals surface area contributed by atoms with Gasteiger partial charge in [0.1, 0.15) is 0 Å². The van der Waals surface area contributed by atoms with Crippen molar-refractivity contribution in [3.63, 3.8) is 0 Å². The summed E-state index contributed by atoms with van der Waals surface area (Å²) in [6.45, 7) is 21.2. The molecule has 0 unspecified atom stereocenters. The van der Waals surface area contributed by atoms with Crippen molar-refractivity contribution in [2.75, 3.05) is 9.80 Å². The van der Waals surface area contributed by atoms with Crippen LogP contribution in [0.3, 0.4) is 0 Å². The first kappa shape index (κ1) is 34.5. The summed E-state index contributed by atoms with van der Waals surface area (Å²) in [6.07, 6.45) is 0. The molecule has 0 bridgehead atoms. The van der Waals surface area contributed by atoms with Gasteiger partial charge >= 0.3 is 0 Å². The Balaban J connectivity index is 1.53. The number of nitriles is 1. The molecule has 4 heteroatoms. The lowest BCUT2D eigenvalue weighted by atomic mass is 9.84. The van der Waals surface area contributed by atoms with Gasteiger partial charge in [0.15, 0.2) is 5.69 Å². The van der Waals surface area contributed by atoms with E-state index >= 15 is 0 Å². The SMILES string of the molecule is [C-]#[N+]c1cccc(N(c2cccc(C)c2)c2cc(C(C)C)c3ccc4c(N(c5cccc(C)c5)c5cccc(C#N)c5)cc(C(C)C)c5ccc2c3c54)c1. The van der Waals surface area contributed by atoms with Gasteiger partial charge in [0, 0.05) is 33.5 Å². The largest absolute Gasteiger partial charge is 0.311 e. The van der Waals surface area contributed by atoms with Crippen LogP contribution in [-0.2, 0) is 0 Å². The summed E-state index contributed by atoms with van der Waals surface area (Å²) in [6, 6.07) is 49.5. The molecular weight excluding hydrogens is 657 g/mol. The molecule has 262 valence electrons. The Morgan fingerprint density at radius 3 is 1.39 bits per heavy atom. The van der Waals surface area contributed by atoms with Crippen LogP contribution in [0.5, 0.6) is 0 Å². The highest BCUT2D eigenvalue weighted by atomic mass is 15.2. The standard InChI is InChI=1S/C50H42N4/c1-31(2)45-28-47(53(37-16-8-12-33(5)24-37)39-18-10-14-35(26-39)30-51)43-22-20-42-46(32(3)4)29-48(44-23-21-41(45)49(43)50(42)44)54(38-17-9-13-34(6)25-38)40-19-11-15-36(27-40)52-7/h8-29,31-32H,1-6H3. The van der Waals surface area contributed by atoms with Crippen molar-refractivity contribution in [2.24, 2.45) is 0 Å². The number of nitrogens with zero attached hydrogens (tertiary/aromatic N) is 4. The van der Waals surface area contributed by atoms with Crippen molar-refractivity contribution >= 4 is 72.1 Å². The van der Waals surface area contributed by atoms with Crippen molar-refractivity contribution in [2.45, 2.75) is 53.4 Å². The van der Waals surface area contributed by atoms with Gasteiger partial charge in [-0.25, -0.2) is 4.85 Å². The van der Waals surface area contributed by atoms with E-state index in [9.17, 15) is 5.26 Å². The highest BCUT2D eigenvalue weighted by Crippen LogP contribution is 2.51. The summed E-state index contributed by atoms with van der Waals surface area (Å²) in [7, 11) is 0. The Morgan fingerprint density at radius 1 is 0.519 bits per heavy atom. The van der Waals surface area contributed by atoms with Crippen LogP contribution in [-0.4, -0.2) is 0 Å². The van der Waals surface area contributed by atoms with Gasteiger partial charge in [-0.1, -0.05) is 94.4 Å². The van der Waals surface area contributed by atoms with E-state index < -0.39 is 0 Å². The molecule has 4 nitrogen and oxygen atoms in total. The van der Waals surface area contributed by atoms with Crippen molar-refractivity contribution < 1.29 is 0 Å². The minimum Gasteiger partial charge on any atom is -0.311 e. The van der Waals surface area contributed by atoms with Crippen molar-refractivity contribution in [3.8, 4) is 6.07 Å². The highest BCUT2D eigenvalue weighted by molar-refractivity contribution is 6.29. The first-order valence-corrected chi connectivity index (χ1v) is 18.7. The van der Waals surface area contributed by atoms with Crippen molar-refractivity contribution in [1.82, 2.24) is 0 Å². The predicted molar refractivity (Wildman–Crippen MR) is 228 cm³/mol. The lowest BCUT2D eigenvalue weighted by Crippen LogP contribution is -2.13. The summed E-state index contributed by atoms with van der Waals surface area (Å²) in [4.78, 5) is 8.47. The Hall–Kier alpha value is -6.62. The molecular formula is C50H42N4. The second-order valence-electron chi connectivity index (χ2n) is 15.0. The summed E-state index contributed by atoms with van der Waals surface area (Å²) in [5, 5.41) is 17.3.